The Balaban J connectivity index is 2.11. The average molecular weight is 392 g/mol. The first-order valence-corrected chi connectivity index (χ1v) is 8.62. The maximum atomic E-state index is 14.0. The summed E-state index contributed by atoms with van der Waals surface area (Å²) in [6.45, 7) is 2.91. The number of nitro groups is 1. The van der Waals surface area contributed by atoms with Crippen molar-refractivity contribution in [3.05, 3.63) is 75.3 Å². The molecule has 150 valence electrons. The first kappa shape index (κ1) is 21.2. The van der Waals surface area contributed by atoms with Gasteiger partial charge in [0.15, 0.2) is 5.96 Å². The molecule has 2 aromatic carbocycles. The van der Waals surface area contributed by atoms with E-state index in [-0.39, 0.29) is 12.2 Å². The van der Waals surface area contributed by atoms with Gasteiger partial charge in [0.2, 0.25) is 0 Å². The summed E-state index contributed by atoms with van der Waals surface area (Å²) in [7, 11) is 1.57. The van der Waals surface area contributed by atoms with Crippen LogP contribution in [-0.4, -0.2) is 31.1 Å². The number of nitrogens with zero attached hydrogens (tertiary/aromatic N) is 2. The van der Waals surface area contributed by atoms with Crippen molar-refractivity contribution in [3.63, 3.8) is 0 Å². The van der Waals surface area contributed by atoms with E-state index in [4.69, 9.17) is 4.74 Å². The van der Waals surface area contributed by atoms with Crippen molar-refractivity contribution in [1.82, 2.24) is 10.6 Å². The lowest BCUT2D eigenvalue weighted by Gasteiger charge is -2.19. The van der Waals surface area contributed by atoms with Crippen LogP contribution in [0.5, 0.6) is 0 Å². The fraction of sp³-hybridized carbons (Fsp3) is 0.316. The first-order chi connectivity index (χ1) is 13.4. The van der Waals surface area contributed by atoms with Gasteiger partial charge in [-0.25, -0.2) is 13.8 Å². The second-order valence-electron chi connectivity index (χ2n) is 6.04. The van der Waals surface area contributed by atoms with Gasteiger partial charge >= 0.3 is 0 Å². The molecule has 0 fully saturated rings. The summed E-state index contributed by atoms with van der Waals surface area (Å²) in [5.41, 5.74) is 1.08. The van der Waals surface area contributed by atoms with Gasteiger partial charge in [0.05, 0.1) is 24.1 Å². The molecule has 0 radical (unpaired) electrons. The van der Waals surface area contributed by atoms with Crippen LogP contribution in [0.25, 0.3) is 0 Å². The van der Waals surface area contributed by atoms with Crippen molar-refractivity contribution in [2.45, 2.75) is 19.5 Å². The van der Waals surface area contributed by atoms with E-state index in [1.807, 2.05) is 0 Å². The highest BCUT2D eigenvalue weighted by molar-refractivity contribution is 5.80. The molecule has 0 heterocycles. The van der Waals surface area contributed by atoms with Crippen molar-refractivity contribution in [3.8, 4) is 0 Å². The molecule has 9 heteroatoms. The third-order valence-corrected chi connectivity index (χ3v) is 3.95. The molecule has 0 aliphatic carbocycles. The number of nitro benzene ring substituents is 1. The normalized spacial score (nSPS) is 12.5. The smallest absolute Gasteiger partial charge is 0.269 e. The molecule has 0 saturated carbocycles. The zero-order valence-electron chi connectivity index (χ0n) is 15.6. The maximum Gasteiger partial charge on any atom is 0.269 e. The number of non-ortho nitro benzene ring substituents is 1. The summed E-state index contributed by atoms with van der Waals surface area (Å²) in [5.74, 6) is -0.878. The van der Waals surface area contributed by atoms with Crippen molar-refractivity contribution < 1.29 is 18.4 Å². The third-order valence-electron chi connectivity index (χ3n) is 3.95. The molecule has 7 nitrogen and oxygen atoms in total. The van der Waals surface area contributed by atoms with Crippen LogP contribution in [0, 0.1) is 21.7 Å². The van der Waals surface area contributed by atoms with Crippen LogP contribution in [0.1, 0.15) is 24.1 Å². The lowest BCUT2D eigenvalue weighted by molar-refractivity contribution is -0.384. The van der Waals surface area contributed by atoms with E-state index in [1.165, 1.54) is 24.3 Å². The molecule has 0 bridgehead atoms. The molecule has 0 aliphatic rings. The minimum Gasteiger partial charge on any atom is -0.383 e. The highest BCUT2D eigenvalue weighted by atomic mass is 19.1. The molecule has 0 spiro atoms. The molecule has 0 aromatic heterocycles. The number of rotatable bonds is 8. The van der Waals surface area contributed by atoms with Gasteiger partial charge in [0, 0.05) is 37.4 Å². The van der Waals surface area contributed by atoms with E-state index >= 15 is 0 Å². The van der Waals surface area contributed by atoms with Crippen LogP contribution in [0.15, 0.2) is 47.5 Å². The third kappa shape index (κ3) is 6.27. The molecule has 2 aromatic rings. The summed E-state index contributed by atoms with van der Waals surface area (Å²) >= 11 is 0. The number of methoxy groups -OCH3 is 1. The number of aliphatic imine (C=N–C) groups is 1. The number of halogens is 2. The van der Waals surface area contributed by atoms with Gasteiger partial charge in [0.1, 0.15) is 11.6 Å². The largest absolute Gasteiger partial charge is 0.383 e. The fourth-order valence-electron chi connectivity index (χ4n) is 2.45. The summed E-state index contributed by atoms with van der Waals surface area (Å²) in [4.78, 5) is 14.7. The molecular weight excluding hydrogens is 370 g/mol. The van der Waals surface area contributed by atoms with Crippen LogP contribution in [0.2, 0.25) is 0 Å². The van der Waals surface area contributed by atoms with Crippen LogP contribution < -0.4 is 10.6 Å². The van der Waals surface area contributed by atoms with Crippen molar-refractivity contribution in [1.29, 1.82) is 0 Å². The second kappa shape index (κ2) is 10.3. The fourth-order valence-corrected chi connectivity index (χ4v) is 2.45. The van der Waals surface area contributed by atoms with Crippen LogP contribution in [-0.2, 0) is 11.3 Å². The van der Waals surface area contributed by atoms with Gasteiger partial charge in [-0.1, -0.05) is 18.2 Å². The number of benzene rings is 2. The van der Waals surface area contributed by atoms with E-state index in [0.717, 1.165) is 11.6 Å². The molecule has 0 aliphatic heterocycles. The Labute approximate surface area is 161 Å². The predicted molar refractivity (Wildman–Crippen MR) is 102 cm³/mol. The average Bonchev–Trinajstić information content (AvgIpc) is 2.66. The van der Waals surface area contributed by atoms with E-state index in [2.05, 4.69) is 15.6 Å². The highest BCUT2D eigenvalue weighted by Gasteiger charge is 2.13. The Kier molecular flexibility index (Phi) is 7.82. The number of ether oxygens (including phenoxy) is 1. The molecule has 0 amide bonds. The predicted octanol–water partition coefficient (Wildman–Crippen LogP) is 3.32. The van der Waals surface area contributed by atoms with E-state index in [0.29, 0.717) is 24.7 Å². The van der Waals surface area contributed by atoms with Gasteiger partial charge in [-0.05, 0) is 18.6 Å². The number of hydrogen-bond acceptors (Lipinski definition) is 4. The van der Waals surface area contributed by atoms with Crippen molar-refractivity contribution in [2.24, 2.45) is 4.99 Å². The lowest BCUT2D eigenvalue weighted by atomic mass is 10.1. The minimum atomic E-state index is -0.647. The van der Waals surface area contributed by atoms with Gasteiger partial charge in [0.25, 0.3) is 5.69 Å². The monoisotopic (exact) mass is 392 g/mol. The van der Waals surface area contributed by atoms with Crippen LogP contribution in [0.4, 0.5) is 14.5 Å². The number of guanidine groups is 1. The molecule has 2 N–H and O–H groups in total. The molecular formula is C19H22F2N4O3. The summed E-state index contributed by atoms with van der Waals surface area (Å²) in [6, 6.07) is 9.01. The quantitative estimate of drug-likeness (QED) is 0.237. The zero-order chi connectivity index (χ0) is 20.5. The van der Waals surface area contributed by atoms with Gasteiger partial charge in [-0.3, -0.25) is 10.1 Å². The Hall–Kier alpha value is -3.07. The van der Waals surface area contributed by atoms with Crippen LogP contribution >= 0.6 is 0 Å². The molecule has 1 unspecified atom stereocenters. The summed E-state index contributed by atoms with van der Waals surface area (Å²) < 4.78 is 32.1. The molecule has 0 saturated heterocycles. The lowest BCUT2D eigenvalue weighted by Crippen LogP contribution is -2.40. The Morgan fingerprint density at radius 2 is 1.96 bits per heavy atom. The highest BCUT2D eigenvalue weighted by Crippen LogP contribution is 2.18. The summed E-state index contributed by atoms with van der Waals surface area (Å²) in [5, 5.41) is 16.8. The Morgan fingerprint density at radius 3 is 2.57 bits per heavy atom. The standard InChI is InChI=1S/C19H22F2N4O3/c1-13(17-8-5-15(20)11-18(17)21)24-19(22-9-10-28-2)23-12-14-3-6-16(7-4-14)25(26)27/h3-8,11,13H,9-10,12H2,1-2H3,(H2,22,23,24). The Bertz CT molecular complexity index is 828. The molecule has 1 atom stereocenters. The van der Waals surface area contributed by atoms with Crippen LogP contribution in [0.3, 0.4) is 0 Å². The van der Waals surface area contributed by atoms with Crippen molar-refractivity contribution >= 4 is 11.6 Å². The van der Waals surface area contributed by atoms with Gasteiger partial charge < -0.3 is 15.4 Å². The second-order valence-corrected chi connectivity index (χ2v) is 6.04. The molecule has 28 heavy (non-hydrogen) atoms. The first-order valence-electron chi connectivity index (χ1n) is 8.62. The van der Waals surface area contributed by atoms with E-state index < -0.39 is 22.6 Å². The SMILES string of the molecule is COCCNC(=NCc1ccc([N+](=O)[O-])cc1)NC(C)c1ccc(F)cc1F. The van der Waals surface area contributed by atoms with Gasteiger partial charge in [-0.15, -0.1) is 0 Å². The summed E-state index contributed by atoms with van der Waals surface area (Å²) in [6.07, 6.45) is 0. The number of hydrogen-bond donors (Lipinski definition) is 2. The zero-order valence-corrected chi connectivity index (χ0v) is 15.6. The topological polar surface area (TPSA) is 88.8 Å². The molecule has 2 rings (SSSR count). The van der Waals surface area contributed by atoms with Gasteiger partial charge in [-0.2, -0.15) is 0 Å². The maximum absolute atomic E-state index is 14.0. The number of nitrogens with one attached hydrogen (secondary N) is 2. The van der Waals surface area contributed by atoms with Crippen molar-refractivity contribution in [2.75, 3.05) is 20.3 Å². The Morgan fingerprint density at radius 1 is 1.25 bits per heavy atom. The van der Waals surface area contributed by atoms with E-state index in [9.17, 15) is 18.9 Å². The van der Waals surface area contributed by atoms with E-state index in [1.54, 1.807) is 26.2 Å². The minimum absolute atomic E-state index is 0.00436.